The molecule has 0 radical (unpaired) electrons. The average molecular weight is 176 g/mol. The lowest BCUT2D eigenvalue weighted by atomic mass is 10.1. The number of rotatable bonds is 1. The summed E-state index contributed by atoms with van der Waals surface area (Å²) in [7, 11) is 0. The molecule has 0 fully saturated rings. The van der Waals surface area contributed by atoms with Gasteiger partial charge in [-0.05, 0) is 32.4 Å². The van der Waals surface area contributed by atoms with Crippen LogP contribution in [0.3, 0.4) is 0 Å². The van der Waals surface area contributed by atoms with Gasteiger partial charge in [-0.2, -0.15) is 0 Å². The Bertz CT molecular complexity index is 318. The van der Waals surface area contributed by atoms with Gasteiger partial charge in [-0.1, -0.05) is 6.07 Å². The third kappa shape index (κ3) is 1.26. The highest BCUT2D eigenvalue weighted by Crippen LogP contribution is 2.33. The van der Waals surface area contributed by atoms with Crippen LogP contribution in [0.1, 0.15) is 19.4 Å². The lowest BCUT2D eigenvalue weighted by Gasteiger charge is -2.23. The highest BCUT2D eigenvalue weighted by molar-refractivity contribution is 5.68. The molecular formula is C11H16N2. The summed E-state index contributed by atoms with van der Waals surface area (Å²) in [5.41, 5.74) is 9.51. The summed E-state index contributed by atoms with van der Waals surface area (Å²) >= 11 is 0. The first-order valence-corrected chi connectivity index (χ1v) is 4.84. The zero-order valence-corrected chi connectivity index (χ0v) is 8.25. The molecule has 0 spiro atoms. The van der Waals surface area contributed by atoms with E-state index < -0.39 is 0 Å². The lowest BCUT2D eigenvalue weighted by molar-refractivity contribution is 0.710. The molecule has 0 unspecified atom stereocenters. The van der Waals surface area contributed by atoms with Gasteiger partial charge in [0.25, 0.3) is 0 Å². The molecule has 1 aromatic rings. The first kappa shape index (κ1) is 8.42. The maximum atomic E-state index is 5.91. The molecule has 0 bridgehead atoms. The largest absolute Gasteiger partial charge is 0.398 e. The van der Waals surface area contributed by atoms with E-state index in [0.29, 0.717) is 6.04 Å². The van der Waals surface area contributed by atoms with Crippen LogP contribution in [0.5, 0.6) is 0 Å². The molecule has 0 aromatic heterocycles. The smallest absolute Gasteiger partial charge is 0.0422 e. The van der Waals surface area contributed by atoms with Crippen LogP contribution in [0.15, 0.2) is 18.2 Å². The second-order valence-electron chi connectivity index (χ2n) is 3.88. The molecule has 1 aliphatic rings. The highest BCUT2D eigenvalue weighted by atomic mass is 15.2. The van der Waals surface area contributed by atoms with E-state index in [1.165, 1.54) is 11.3 Å². The van der Waals surface area contributed by atoms with E-state index in [4.69, 9.17) is 5.73 Å². The molecule has 2 heteroatoms. The van der Waals surface area contributed by atoms with Crippen molar-refractivity contribution >= 4 is 11.4 Å². The maximum absolute atomic E-state index is 5.91. The van der Waals surface area contributed by atoms with Crippen molar-refractivity contribution in [3.63, 3.8) is 0 Å². The number of nitrogen functional groups attached to an aromatic ring is 1. The molecule has 1 aliphatic heterocycles. The van der Waals surface area contributed by atoms with E-state index in [9.17, 15) is 0 Å². The first-order valence-electron chi connectivity index (χ1n) is 4.84. The number of fused-ring (bicyclic) bond motifs is 1. The van der Waals surface area contributed by atoms with Crippen LogP contribution < -0.4 is 10.6 Å². The van der Waals surface area contributed by atoms with Gasteiger partial charge in [0, 0.05) is 29.5 Å². The zero-order chi connectivity index (χ0) is 9.42. The van der Waals surface area contributed by atoms with Crippen molar-refractivity contribution in [1.82, 2.24) is 0 Å². The summed E-state index contributed by atoms with van der Waals surface area (Å²) in [5, 5.41) is 0. The summed E-state index contributed by atoms with van der Waals surface area (Å²) in [4.78, 5) is 2.41. The summed E-state index contributed by atoms with van der Waals surface area (Å²) in [6, 6.07) is 6.76. The van der Waals surface area contributed by atoms with E-state index in [2.05, 4.69) is 24.8 Å². The van der Waals surface area contributed by atoms with E-state index in [-0.39, 0.29) is 0 Å². The molecule has 0 saturated carbocycles. The molecular weight excluding hydrogens is 160 g/mol. The molecule has 70 valence electrons. The first-order chi connectivity index (χ1) is 6.20. The quantitative estimate of drug-likeness (QED) is 0.663. The third-order valence-corrected chi connectivity index (χ3v) is 2.72. The minimum Gasteiger partial charge on any atom is -0.398 e. The second-order valence-corrected chi connectivity index (χ2v) is 3.88. The van der Waals surface area contributed by atoms with Gasteiger partial charge in [-0.3, -0.25) is 0 Å². The molecule has 0 amide bonds. The number of nitrogens with zero attached hydrogens (tertiary/aromatic N) is 1. The number of benzene rings is 1. The van der Waals surface area contributed by atoms with Crippen LogP contribution in [0.4, 0.5) is 11.4 Å². The maximum Gasteiger partial charge on any atom is 0.0422 e. The number of anilines is 2. The average Bonchev–Trinajstić information content (AvgIpc) is 2.48. The van der Waals surface area contributed by atoms with Crippen LogP contribution in [0, 0.1) is 0 Å². The van der Waals surface area contributed by atoms with Gasteiger partial charge in [-0.25, -0.2) is 0 Å². The van der Waals surface area contributed by atoms with Crippen molar-refractivity contribution in [2.45, 2.75) is 26.3 Å². The monoisotopic (exact) mass is 176 g/mol. The van der Waals surface area contributed by atoms with Crippen molar-refractivity contribution in [1.29, 1.82) is 0 Å². The lowest BCUT2D eigenvalue weighted by Crippen LogP contribution is -2.28. The second kappa shape index (κ2) is 2.95. The Morgan fingerprint density at radius 3 is 2.85 bits per heavy atom. The van der Waals surface area contributed by atoms with Crippen LogP contribution in [0.2, 0.25) is 0 Å². The molecule has 0 aliphatic carbocycles. The van der Waals surface area contributed by atoms with Gasteiger partial charge in [0.15, 0.2) is 0 Å². The standard InChI is InChI=1S/C11H16N2/c1-8(2)13-7-6-9-10(12)4-3-5-11(9)13/h3-5,8H,6-7,12H2,1-2H3. The Balaban J connectivity index is 2.43. The van der Waals surface area contributed by atoms with E-state index in [1.54, 1.807) is 0 Å². The molecule has 2 N–H and O–H groups in total. The summed E-state index contributed by atoms with van der Waals surface area (Å²) < 4.78 is 0. The van der Waals surface area contributed by atoms with Crippen molar-refractivity contribution in [3.8, 4) is 0 Å². The van der Waals surface area contributed by atoms with E-state index >= 15 is 0 Å². The van der Waals surface area contributed by atoms with Crippen LogP contribution >= 0.6 is 0 Å². The van der Waals surface area contributed by atoms with Gasteiger partial charge in [-0.15, -0.1) is 0 Å². The van der Waals surface area contributed by atoms with E-state index in [0.717, 1.165) is 18.7 Å². The van der Waals surface area contributed by atoms with Gasteiger partial charge in [0.1, 0.15) is 0 Å². The normalized spacial score (nSPS) is 15.2. The molecule has 0 atom stereocenters. The number of nitrogens with two attached hydrogens (primary N) is 1. The fraction of sp³-hybridized carbons (Fsp3) is 0.455. The Kier molecular flexibility index (Phi) is 1.91. The molecule has 2 nitrogen and oxygen atoms in total. The number of hydrogen-bond donors (Lipinski definition) is 1. The Hall–Kier alpha value is -1.18. The van der Waals surface area contributed by atoms with Crippen LogP contribution in [-0.2, 0) is 6.42 Å². The predicted octanol–water partition coefficient (Wildman–Crippen LogP) is 2.04. The number of hydrogen-bond acceptors (Lipinski definition) is 2. The van der Waals surface area contributed by atoms with Gasteiger partial charge in [0.2, 0.25) is 0 Å². The summed E-state index contributed by atoms with van der Waals surface area (Å²) in [6.45, 7) is 5.55. The summed E-state index contributed by atoms with van der Waals surface area (Å²) in [6.07, 6.45) is 1.10. The zero-order valence-electron chi connectivity index (χ0n) is 8.25. The van der Waals surface area contributed by atoms with Crippen LogP contribution in [-0.4, -0.2) is 12.6 Å². The Morgan fingerprint density at radius 2 is 2.15 bits per heavy atom. The topological polar surface area (TPSA) is 29.3 Å². The molecule has 13 heavy (non-hydrogen) atoms. The van der Waals surface area contributed by atoms with E-state index in [1.807, 2.05) is 12.1 Å². The minimum absolute atomic E-state index is 0.572. The van der Waals surface area contributed by atoms with Gasteiger partial charge < -0.3 is 10.6 Å². The van der Waals surface area contributed by atoms with Crippen molar-refractivity contribution in [2.75, 3.05) is 17.2 Å². The minimum atomic E-state index is 0.572. The molecule has 0 saturated heterocycles. The van der Waals surface area contributed by atoms with Crippen molar-refractivity contribution in [2.24, 2.45) is 0 Å². The fourth-order valence-corrected chi connectivity index (χ4v) is 2.02. The molecule has 1 aromatic carbocycles. The third-order valence-electron chi connectivity index (χ3n) is 2.72. The van der Waals surface area contributed by atoms with Crippen LogP contribution in [0.25, 0.3) is 0 Å². The van der Waals surface area contributed by atoms with Gasteiger partial charge >= 0.3 is 0 Å². The highest BCUT2D eigenvalue weighted by Gasteiger charge is 2.22. The summed E-state index contributed by atoms with van der Waals surface area (Å²) in [5.74, 6) is 0. The SMILES string of the molecule is CC(C)N1CCc2c(N)cccc21. The van der Waals surface area contributed by atoms with Crippen molar-refractivity contribution in [3.05, 3.63) is 23.8 Å². The Labute approximate surface area is 79.4 Å². The fourth-order valence-electron chi connectivity index (χ4n) is 2.02. The van der Waals surface area contributed by atoms with Crippen molar-refractivity contribution < 1.29 is 0 Å². The molecule has 2 rings (SSSR count). The molecule has 1 heterocycles. The van der Waals surface area contributed by atoms with Gasteiger partial charge in [0.05, 0.1) is 0 Å². The predicted molar refractivity (Wildman–Crippen MR) is 57.0 cm³/mol. The Morgan fingerprint density at radius 1 is 1.38 bits per heavy atom.